The highest BCUT2D eigenvalue weighted by atomic mass is 35.5. The maximum Gasteiger partial charge on any atom is 0.302 e. The van der Waals surface area contributed by atoms with E-state index in [4.69, 9.17) is 27.9 Å². The van der Waals surface area contributed by atoms with Crippen LogP contribution >= 0.6 is 23.2 Å². The molecule has 0 saturated heterocycles. The molecule has 3 atom stereocenters. The highest BCUT2D eigenvalue weighted by Crippen LogP contribution is 2.31. The number of hydrogen-bond acceptors (Lipinski definition) is 2. The minimum Gasteiger partial charge on any atom is -0.466 e. The first-order valence-corrected chi connectivity index (χ1v) is 5.38. The second-order valence-corrected chi connectivity index (χ2v) is 4.63. The Morgan fingerprint density at radius 3 is 2.62 bits per heavy atom. The van der Waals surface area contributed by atoms with Gasteiger partial charge in [-0.2, -0.15) is 0 Å². The average Bonchev–Trinajstić information content (AvgIpc) is 2.07. The van der Waals surface area contributed by atoms with Crippen LogP contribution in [0.1, 0.15) is 26.2 Å². The molecule has 13 heavy (non-hydrogen) atoms. The number of carbonyl (C=O) groups excluding carboxylic acids is 1. The van der Waals surface area contributed by atoms with Crippen LogP contribution in [0.3, 0.4) is 0 Å². The van der Waals surface area contributed by atoms with Crippen molar-refractivity contribution in [3.8, 4) is 0 Å². The van der Waals surface area contributed by atoms with Crippen LogP contribution in [-0.2, 0) is 9.53 Å². The number of ether oxygens (including phenoxy) is 1. The molecule has 0 N–H and O–H groups in total. The Bertz CT molecular complexity index is 184. The van der Waals surface area contributed by atoms with Crippen LogP contribution in [0.25, 0.3) is 0 Å². The number of rotatable bonds is 2. The molecular weight excluding hydrogens is 211 g/mol. The van der Waals surface area contributed by atoms with Crippen molar-refractivity contribution in [3.05, 3.63) is 0 Å². The molecule has 76 valence electrons. The van der Waals surface area contributed by atoms with Crippen molar-refractivity contribution < 1.29 is 9.53 Å². The van der Waals surface area contributed by atoms with Crippen LogP contribution in [-0.4, -0.2) is 23.3 Å². The molecule has 1 aliphatic rings. The summed E-state index contributed by atoms with van der Waals surface area (Å²) in [6.45, 7) is 1.91. The maximum absolute atomic E-state index is 10.6. The highest BCUT2D eigenvalue weighted by Gasteiger charge is 2.27. The Morgan fingerprint density at radius 2 is 2.08 bits per heavy atom. The van der Waals surface area contributed by atoms with Gasteiger partial charge in [0.25, 0.3) is 0 Å². The van der Waals surface area contributed by atoms with Gasteiger partial charge in [-0.05, 0) is 25.2 Å². The van der Waals surface area contributed by atoms with Gasteiger partial charge in [-0.3, -0.25) is 4.79 Å². The van der Waals surface area contributed by atoms with Gasteiger partial charge in [0.05, 0.1) is 12.0 Å². The van der Waals surface area contributed by atoms with E-state index in [2.05, 4.69) is 0 Å². The summed E-state index contributed by atoms with van der Waals surface area (Å²) in [5.74, 6) is 0.167. The number of alkyl halides is 2. The zero-order chi connectivity index (χ0) is 9.84. The van der Waals surface area contributed by atoms with E-state index in [1.807, 2.05) is 0 Å². The van der Waals surface area contributed by atoms with Crippen molar-refractivity contribution in [2.45, 2.75) is 36.9 Å². The van der Waals surface area contributed by atoms with Crippen molar-refractivity contribution in [2.24, 2.45) is 5.92 Å². The fourth-order valence-corrected chi connectivity index (χ4v) is 2.15. The van der Waals surface area contributed by atoms with Crippen molar-refractivity contribution in [3.63, 3.8) is 0 Å². The minimum atomic E-state index is -0.223. The summed E-state index contributed by atoms with van der Waals surface area (Å²) in [6.07, 6.45) is 2.77. The maximum atomic E-state index is 10.6. The van der Waals surface area contributed by atoms with Crippen molar-refractivity contribution in [2.75, 3.05) is 6.61 Å². The SMILES string of the molecule is CC(=O)OC[C@H]1CC[C@@H](Cl)[C@H](Cl)C1. The fourth-order valence-electron chi connectivity index (χ4n) is 1.55. The van der Waals surface area contributed by atoms with E-state index < -0.39 is 0 Å². The van der Waals surface area contributed by atoms with Crippen LogP contribution in [0.2, 0.25) is 0 Å². The predicted molar refractivity (Wildman–Crippen MR) is 53.3 cm³/mol. The zero-order valence-corrected chi connectivity index (χ0v) is 9.14. The third-order valence-corrected chi connectivity index (χ3v) is 3.46. The molecule has 0 amide bonds. The number of esters is 1. The molecule has 0 aromatic rings. The van der Waals surface area contributed by atoms with Crippen molar-refractivity contribution >= 4 is 29.2 Å². The Morgan fingerprint density at radius 1 is 1.38 bits per heavy atom. The van der Waals surface area contributed by atoms with Gasteiger partial charge in [-0.25, -0.2) is 0 Å². The molecular formula is C9H14Cl2O2. The summed E-state index contributed by atoms with van der Waals surface area (Å²) in [4.78, 5) is 10.6. The second-order valence-electron chi connectivity index (χ2n) is 3.51. The van der Waals surface area contributed by atoms with E-state index in [9.17, 15) is 4.79 Å². The lowest BCUT2D eigenvalue weighted by atomic mass is 9.89. The van der Waals surface area contributed by atoms with Crippen LogP contribution in [0, 0.1) is 5.92 Å². The first-order chi connectivity index (χ1) is 6.09. The third-order valence-electron chi connectivity index (χ3n) is 2.32. The smallest absolute Gasteiger partial charge is 0.302 e. The Kier molecular flexibility index (Phi) is 4.33. The lowest BCUT2D eigenvalue weighted by Crippen LogP contribution is -2.28. The Balaban J connectivity index is 2.25. The summed E-state index contributed by atoms with van der Waals surface area (Å²) >= 11 is 12.0. The zero-order valence-electron chi connectivity index (χ0n) is 7.63. The molecule has 1 aliphatic carbocycles. The molecule has 0 aliphatic heterocycles. The average molecular weight is 225 g/mol. The van der Waals surface area contributed by atoms with E-state index >= 15 is 0 Å². The van der Waals surface area contributed by atoms with Gasteiger partial charge in [0, 0.05) is 12.3 Å². The van der Waals surface area contributed by atoms with Gasteiger partial charge < -0.3 is 4.74 Å². The predicted octanol–water partition coefficient (Wildman–Crippen LogP) is 2.56. The summed E-state index contributed by atoms with van der Waals surface area (Å²) in [7, 11) is 0. The Labute approximate surface area is 88.5 Å². The van der Waals surface area contributed by atoms with Gasteiger partial charge in [0.15, 0.2) is 0 Å². The van der Waals surface area contributed by atoms with Crippen molar-refractivity contribution in [1.29, 1.82) is 0 Å². The molecule has 4 heteroatoms. The fraction of sp³-hybridized carbons (Fsp3) is 0.889. The lowest BCUT2D eigenvalue weighted by Gasteiger charge is -2.28. The highest BCUT2D eigenvalue weighted by molar-refractivity contribution is 6.30. The first-order valence-electron chi connectivity index (χ1n) is 4.51. The molecule has 1 fully saturated rings. The van der Waals surface area contributed by atoms with Crippen LogP contribution in [0.5, 0.6) is 0 Å². The Hall–Kier alpha value is 0.0500. The minimum absolute atomic E-state index is 0.0241. The largest absolute Gasteiger partial charge is 0.466 e. The van der Waals surface area contributed by atoms with E-state index in [0.717, 1.165) is 19.3 Å². The quantitative estimate of drug-likeness (QED) is 0.533. The first kappa shape index (κ1) is 11.1. The topological polar surface area (TPSA) is 26.3 Å². The molecule has 1 saturated carbocycles. The number of halogens is 2. The second kappa shape index (κ2) is 5.06. The standard InChI is InChI=1S/C9H14Cl2O2/c1-6(12)13-5-7-2-3-8(10)9(11)4-7/h7-9H,2-5H2,1H3/t7-,8+,9+/m0/s1. The number of carbonyl (C=O) groups is 1. The van der Waals surface area contributed by atoms with Gasteiger partial charge in [0.2, 0.25) is 0 Å². The normalized spacial score (nSPS) is 34.2. The summed E-state index contributed by atoms with van der Waals surface area (Å²) in [6, 6.07) is 0. The van der Waals surface area contributed by atoms with E-state index in [-0.39, 0.29) is 16.7 Å². The molecule has 0 aromatic heterocycles. The van der Waals surface area contributed by atoms with Gasteiger partial charge in [0.1, 0.15) is 0 Å². The number of hydrogen-bond donors (Lipinski definition) is 0. The molecule has 1 rings (SSSR count). The molecule has 2 nitrogen and oxygen atoms in total. The monoisotopic (exact) mass is 224 g/mol. The molecule has 0 bridgehead atoms. The molecule has 0 heterocycles. The van der Waals surface area contributed by atoms with Crippen LogP contribution in [0.4, 0.5) is 0 Å². The van der Waals surface area contributed by atoms with Crippen LogP contribution in [0.15, 0.2) is 0 Å². The molecule has 0 aromatic carbocycles. The van der Waals surface area contributed by atoms with E-state index in [0.29, 0.717) is 12.5 Å². The summed E-state index contributed by atoms with van der Waals surface area (Å²) < 4.78 is 4.92. The third kappa shape index (κ3) is 3.74. The van der Waals surface area contributed by atoms with Gasteiger partial charge in [-0.1, -0.05) is 0 Å². The molecule has 0 spiro atoms. The lowest BCUT2D eigenvalue weighted by molar-refractivity contribution is -0.142. The molecule has 0 radical (unpaired) electrons. The van der Waals surface area contributed by atoms with E-state index in [1.165, 1.54) is 6.92 Å². The molecule has 0 unspecified atom stereocenters. The summed E-state index contributed by atoms with van der Waals surface area (Å²) in [5.41, 5.74) is 0. The van der Waals surface area contributed by atoms with Gasteiger partial charge in [-0.15, -0.1) is 23.2 Å². The van der Waals surface area contributed by atoms with Crippen molar-refractivity contribution in [1.82, 2.24) is 0 Å². The van der Waals surface area contributed by atoms with Gasteiger partial charge >= 0.3 is 5.97 Å². The van der Waals surface area contributed by atoms with E-state index in [1.54, 1.807) is 0 Å². The summed E-state index contributed by atoms with van der Waals surface area (Å²) in [5, 5.41) is 0.103. The van der Waals surface area contributed by atoms with Crippen LogP contribution < -0.4 is 0 Å².